The maximum Gasteiger partial charge on any atom is 0.316 e. The Kier molecular flexibility index (Phi) is 6.86. The number of rotatable bonds is 8. The molecule has 0 atom stereocenters. The Bertz CT molecular complexity index is 810. The third-order valence-electron chi connectivity index (χ3n) is 2.90. The highest BCUT2D eigenvalue weighted by atomic mass is 35.5. The number of halogens is 2. The summed E-state index contributed by atoms with van der Waals surface area (Å²) < 4.78 is 6.46. The second kappa shape index (κ2) is 8.89. The van der Waals surface area contributed by atoms with Gasteiger partial charge in [-0.3, -0.25) is 14.2 Å². The molecule has 0 saturated heterocycles. The average Bonchev–Trinajstić information content (AvgIpc) is 2.94. The first-order chi connectivity index (χ1) is 11.9. The first kappa shape index (κ1) is 19.3. The van der Waals surface area contributed by atoms with Crippen LogP contribution in [0.15, 0.2) is 36.0 Å². The molecule has 0 saturated carbocycles. The van der Waals surface area contributed by atoms with Crippen LogP contribution in [0.4, 0.5) is 0 Å². The molecule has 2 aromatic rings. The Morgan fingerprint density at radius 1 is 1.36 bits per heavy atom. The highest BCUT2D eigenvalue weighted by Crippen LogP contribution is 2.31. The van der Waals surface area contributed by atoms with Crippen LogP contribution in [0.1, 0.15) is 0 Å². The molecule has 2 rings (SSSR count). The van der Waals surface area contributed by atoms with Crippen LogP contribution in [-0.2, 0) is 20.9 Å². The molecular formula is C15H14Cl2N4O3S. The van der Waals surface area contributed by atoms with E-state index in [2.05, 4.69) is 16.8 Å². The maximum atomic E-state index is 11.6. The number of thioether (sulfide) groups is 1. The third-order valence-corrected chi connectivity index (χ3v) is 4.38. The molecule has 0 aliphatic heterocycles. The van der Waals surface area contributed by atoms with E-state index >= 15 is 0 Å². The fourth-order valence-electron chi connectivity index (χ4n) is 1.88. The minimum absolute atomic E-state index is 0.0447. The zero-order valence-corrected chi connectivity index (χ0v) is 15.3. The first-order valence-electron chi connectivity index (χ1n) is 6.98. The fraction of sp³-hybridized carbons (Fsp3) is 0.200. The molecular weight excluding hydrogens is 387 g/mol. The van der Waals surface area contributed by atoms with Gasteiger partial charge in [0.1, 0.15) is 0 Å². The number of ether oxygens (including phenoxy) is 1. The lowest BCUT2D eigenvalue weighted by Crippen LogP contribution is -2.21. The Balaban J connectivity index is 2.20. The van der Waals surface area contributed by atoms with E-state index in [0.717, 1.165) is 11.8 Å². The van der Waals surface area contributed by atoms with E-state index < -0.39 is 18.5 Å². The van der Waals surface area contributed by atoms with Crippen molar-refractivity contribution in [3.63, 3.8) is 0 Å². The van der Waals surface area contributed by atoms with E-state index in [1.54, 1.807) is 28.8 Å². The number of benzene rings is 1. The van der Waals surface area contributed by atoms with Crippen LogP contribution >= 0.6 is 35.0 Å². The molecule has 2 N–H and O–H groups in total. The summed E-state index contributed by atoms with van der Waals surface area (Å²) in [5, 5.41) is 9.64. The minimum Gasteiger partial charge on any atom is -0.455 e. The van der Waals surface area contributed by atoms with Crippen molar-refractivity contribution in [2.24, 2.45) is 5.73 Å². The lowest BCUT2D eigenvalue weighted by Gasteiger charge is -2.09. The maximum absolute atomic E-state index is 11.6. The molecule has 7 nitrogen and oxygen atoms in total. The number of amides is 1. The standard InChI is InChI=1S/C15H14Cl2N4O3S/c1-2-5-21-14(10-4-3-9(16)6-11(10)17)19-20-15(21)25-8-13(23)24-7-12(18)22/h2-4,6H,1,5,7-8H2,(H2,18,22). The van der Waals surface area contributed by atoms with Crippen molar-refractivity contribution in [2.45, 2.75) is 11.7 Å². The molecule has 1 heterocycles. The predicted octanol–water partition coefficient (Wildman–Crippen LogP) is 2.56. The molecule has 25 heavy (non-hydrogen) atoms. The van der Waals surface area contributed by atoms with Crippen molar-refractivity contribution in [3.05, 3.63) is 40.9 Å². The topological polar surface area (TPSA) is 100 Å². The summed E-state index contributed by atoms with van der Waals surface area (Å²) in [6.07, 6.45) is 1.67. The van der Waals surface area contributed by atoms with Crippen molar-refractivity contribution in [2.75, 3.05) is 12.4 Å². The summed E-state index contributed by atoms with van der Waals surface area (Å²) in [5.74, 6) is -0.817. The van der Waals surface area contributed by atoms with Gasteiger partial charge in [-0.05, 0) is 18.2 Å². The number of allylic oxidation sites excluding steroid dienone is 1. The zero-order chi connectivity index (χ0) is 18.4. The fourth-order valence-corrected chi connectivity index (χ4v) is 3.11. The highest BCUT2D eigenvalue weighted by molar-refractivity contribution is 7.99. The first-order valence-corrected chi connectivity index (χ1v) is 8.72. The minimum atomic E-state index is -0.715. The highest BCUT2D eigenvalue weighted by Gasteiger charge is 2.17. The quantitative estimate of drug-likeness (QED) is 0.415. The number of carbonyl (C=O) groups is 2. The number of carbonyl (C=O) groups excluding carboxylic acids is 2. The van der Waals surface area contributed by atoms with Gasteiger partial charge in [0.05, 0.1) is 10.8 Å². The van der Waals surface area contributed by atoms with Gasteiger partial charge in [0.25, 0.3) is 5.91 Å². The third kappa shape index (κ3) is 5.22. The van der Waals surface area contributed by atoms with Gasteiger partial charge in [-0.2, -0.15) is 0 Å². The van der Waals surface area contributed by atoms with Crippen molar-refractivity contribution in [3.8, 4) is 11.4 Å². The van der Waals surface area contributed by atoms with E-state index in [0.29, 0.717) is 33.1 Å². The smallest absolute Gasteiger partial charge is 0.316 e. The molecule has 0 radical (unpaired) electrons. The number of esters is 1. The largest absolute Gasteiger partial charge is 0.455 e. The summed E-state index contributed by atoms with van der Waals surface area (Å²) in [6.45, 7) is 3.67. The normalized spacial score (nSPS) is 10.5. The average molecular weight is 401 g/mol. The van der Waals surface area contributed by atoms with Crippen LogP contribution in [0, 0.1) is 0 Å². The number of nitrogens with two attached hydrogens (primary N) is 1. The molecule has 10 heteroatoms. The molecule has 0 spiro atoms. The molecule has 0 aliphatic rings. The van der Waals surface area contributed by atoms with E-state index in [4.69, 9.17) is 33.7 Å². The molecule has 1 aromatic heterocycles. The van der Waals surface area contributed by atoms with Crippen molar-refractivity contribution in [1.82, 2.24) is 14.8 Å². The van der Waals surface area contributed by atoms with Crippen LogP contribution in [-0.4, -0.2) is 39.0 Å². The summed E-state index contributed by atoms with van der Waals surface area (Å²) in [7, 11) is 0. The predicted molar refractivity (Wildman–Crippen MR) is 96.6 cm³/mol. The zero-order valence-electron chi connectivity index (χ0n) is 12.9. The Labute approximate surface area is 158 Å². The van der Waals surface area contributed by atoms with Crippen LogP contribution in [0.3, 0.4) is 0 Å². The van der Waals surface area contributed by atoms with E-state index in [1.165, 1.54) is 0 Å². The number of aromatic nitrogens is 3. The van der Waals surface area contributed by atoms with E-state index in [-0.39, 0.29) is 5.75 Å². The Morgan fingerprint density at radius 3 is 2.76 bits per heavy atom. The van der Waals surface area contributed by atoms with Crippen molar-refractivity contribution >= 4 is 46.8 Å². The van der Waals surface area contributed by atoms with Gasteiger partial charge in [0, 0.05) is 17.1 Å². The lowest BCUT2D eigenvalue weighted by molar-refractivity contribution is -0.145. The lowest BCUT2D eigenvalue weighted by atomic mass is 10.2. The van der Waals surface area contributed by atoms with Gasteiger partial charge in [0.2, 0.25) is 0 Å². The van der Waals surface area contributed by atoms with Crippen molar-refractivity contribution < 1.29 is 14.3 Å². The number of hydrogen-bond acceptors (Lipinski definition) is 6. The van der Waals surface area contributed by atoms with Crippen LogP contribution in [0.5, 0.6) is 0 Å². The Hall–Kier alpha value is -2.03. The second-order valence-corrected chi connectivity index (χ2v) is 6.53. The van der Waals surface area contributed by atoms with Gasteiger partial charge in [-0.25, -0.2) is 0 Å². The molecule has 0 bridgehead atoms. The summed E-state index contributed by atoms with van der Waals surface area (Å²) in [4.78, 5) is 22.2. The summed E-state index contributed by atoms with van der Waals surface area (Å²) in [6, 6.07) is 5.05. The van der Waals surface area contributed by atoms with Gasteiger partial charge < -0.3 is 10.5 Å². The van der Waals surface area contributed by atoms with Gasteiger partial charge in [0.15, 0.2) is 17.6 Å². The molecule has 132 valence electrons. The van der Waals surface area contributed by atoms with E-state index in [1.807, 2.05) is 0 Å². The monoisotopic (exact) mass is 400 g/mol. The molecule has 1 aromatic carbocycles. The molecule has 0 fully saturated rings. The van der Waals surface area contributed by atoms with E-state index in [9.17, 15) is 9.59 Å². The Morgan fingerprint density at radius 2 is 2.12 bits per heavy atom. The number of nitrogens with zero attached hydrogens (tertiary/aromatic N) is 3. The molecule has 0 unspecified atom stereocenters. The SMILES string of the molecule is C=CCn1c(SCC(=O)OCC(N)=O)nnc1-c1ccc(Cl)cc1Cl. The number of hydrogen-bond donors (Lipinski definition) is 1. The summed E-state index contributed by atoms with van der Waals surface area (Å²) in [5.41, 5.74) is 5.58. The molecule has 0 aliphatic carbocycles. The van der Waals surface area contributed by atoms with Crippen LogP contribution < -0.4 is 5.73 Å². The summed E-state index contributed by atoms with van der Waals surface area (Å²) >= 11 is 13.3. The van der Waals surface area contributed by atoms with Gasteiger partial charge in [-0.15, -0.1) is 16.8 Å². The second-order valence-electron chi connectivity index (χ2n) is 4.75. The van der Waals surface area contributed by atoms with Gasteiger partial charge >= 0.3 is 5.97 Å². The van der Waals surface area contributed by atoms with Crippen molar-refractivity contribution in [1.29, 1.82) is 0 Å². The van der Waals surface area contributed by atoms with Crippen LogP contribution in [0.2, 0.25) is 10.0 Å². The van der Waals surface area contributed by atoms with Crippen LogP contribution in [0.25, 0.3) is 11.4 Å². The molecule has 1 amide bonds. The van der Waals surface area contributed by atoms with Gasteiger partial charge in [-0.1, -0.05) is 41.0 Å². The number of primary amides is 1.